The van der Waals surface area contributed by atoms with Crippen molar-refractivity contribution in [2.45, 2.75) is 58.5 Å². The van der Waals surface area contributed by atoms with E-state index in [9.17, 15) is 18.4 Å². The number of halogens is 2. The number of carbonyl (C=O) groups excluding carboxylic acids is 1. The highest BCUT2D eigenvalue weighted by Crippen LogP contribution is 2.20. The number of unbranched alkanes of at least 4 members (excludes halogenated alkanes) is 1. The maximum absolute atomic E-state index is 12.9. The van der Waals surface area contributed by atoms with Crippen molar-refractivity contribution in [1.82, 2.24) is 10.2 Å². The number of aliphatic carboxylic acids is 1. The van der Waals surface area contributed by atoms with E-state index in [1.54, 1.807) is 36.1 Å². The molecule has 0 saturated heterocycles. The van der Waals surface area contributed by atoms with Crippen LogP contribution >= 0.6 is 0 Å². The van der Waals surface area contributed by atoms with E-state index in [0.717, 1.165) is 12.5 Å². The Labute approximate surface area is 182 Å². The second kappa shape index (κ2) is 13.8. The minimum atomic E-state index is -2.70. The molecule has 0 fully saturated rings. The maximum atomic E-state index is 12.9. The predicted octanol–water partition coefficient (Wildman–Crippen LogP) is 3.95. The van der Waals surface area contributed by atoms with Crippen molar-refractivity contribution in [3.8, 4) is 5.75 Å². The molecule has 1 aromatic rings. The minimum absolute atomic E-state index is 0.203. The van der Waals surface area contributed by atoms with E-state index in [1.807, 2.05) is 6.92 Å². The first-order valence-corrected chi connectivity index (χ1v) is 10.6. The molecular formula is C22H34F2N2O5. The fourth-order valence-corrected chi connectivity index (χ4v) is 2.94. The van der Waals surface area contributed by atoms with Gasteiger partial charge in [0.2, 0.25) is 5.92 Å². The van der Waals surface area contributed by atoms with Crippen molar-refractivity contribution in [3.05, 3.63) is 29.8 Å². The Balaban J connectivity index is 2.52. The third kappa shape index (κ3) is 11.5. The van der Waals surface area contributed by atoms with Gasteiger partial charge in [-0.25, -0.2) is 18.4 Å². The number of carboxylic acid groups (broad SMARTS) is 1. The Hall–Kier alpha value is -2.42. The minimum Gasteiger partial charge on any atom is -0.492 e. The Kier molecular flexibility index (Phi) is 11.8. The largest absolute Gasteiger partial charge is 0.492 e. The number of benzene rings is 1. The van der Waals surface area contributed by atoms with Crippen LogP contribution in [0.15, 0.2) is 24.3 Å². The van der Waals surface area contributed by atoms with E-state index in [1.165, 1.54) is 0 Å². The fourth-order valence-electron chi connectivity index (χ4n) is 2.94. The first kappa shape index (κ1) is 26.6. The highest BCUT2D eigenvalue weighted by molar-refractivity contribution is 5.74. The van der Waals surface area contributed by atoms with E-state index in [4.69, 9.17) is 14.6 Å². The number of nitrogens with zero attached hydrogens (tertiary/aromatic N) is 1. The standard InChI is InChI=1S/C22H34F2N2O5/c1-4-25-21(29)26(13-7-6-12-22(3,23)24)14-15-31-18-10-8-17(9-11-18)16-19(20(27)28)30-5-2/h8-11,19H,4-7,12-16H2,1-3H3,(H,25,29)(H,27,28). The molecule has 0 aromatic heterocycles. The van der Waals surface area contributed by atoms with Gasteiger partial charge in [0.1, 0.15) is 12.4 Å². The molecule has 0 aliphatic carbocycles. The number of nitrogens with one attached hydrogen (secondary N) is 1. The zero-order valence-electron chi connectivity index (χ0n) is 18.5. The Morgan fingerprint density at radius 2 is 1.84 bits per heavy atom. The van der Waals surface area contributed by atoms with Crippen LogP contribution in [-0.4, -0.2) is 66.9 Å². The SMILES string of the molecule is CCNC(=O)N(CCCCC(C)(F)F)CCOc1ccc(CC(OCC)C(=O)O)cc1. The monoisotopic (exact) mass is 444 g/mol. The lowest BCUT2D eigenvalue weighted by molar-refractivity contribution is -0.149. The van der Waals surface area contributed by atoms with Crippen LogP contribution in [0.4, 0.5) is 13.6 Å². The number of hydrogen-bond acceptors (Lipinski definition) is 4. The van der Waals surface area contributed by atoms with Crippen molar-refractivity contribution in [1.29, 1.82) is 0 Å². The van der Waals surface area contributed by atoms with E-state index < -0.39 is 18.0 Å². The quantitative estimate of drug-likeness (QED) is 0.400. The predicted molar refractivity (Wildman–Crippen MR) is 114 cm³/mol. The molecule has 0 radical (unpaired) electrons. The van der Waals surface area contributed by atoms with Crippen molar-refractivity contribution in [2.24, 2.45) is 0 Å². The summed E-state index contributed by atoms with van der Waals surface area (Å²) in [5, 5.41) is 11.9. The summed E-state index contributed by atoms with van der Waals surface area (Å²) in [4.78, 5) is 24.9. The van der Waals surface area contributed by atoms with Crippen LogP contribution < -0.4 is 10.1 Å². The molecule has 0 spiro atoms. The van der Waals surface area contributed by atoms with Crippen molar-refractivity contribution >= 4 is 12.0 Å². The molecule has 1 aromatic carbocycles. The molecule has 2 N–H and O–H groups in total. The number of urea groups is 1. The van der Waals surface area contributed by atoms with E-state index in [-0.39, 0.29) is 25.5 Å². The van der Waals surface area contributed by atoms with Gasteiger partial charge in [0.25, 0.3) is 0 Å². The van der Waals surface area contributed by atoms with Crippen LogP contribution in [-0.2, 0) is 16.0 Å². The van der Waals surface area contributed by atoms with Gasteiger partial charge in [-0.3, -0.25) is 0 Å². The third-order valence-corrected chi connectivity index (χ3v) is 4.53. The summed E-state index contributed by atoms with van der Waals surface area (Å²) in [6.07, 6.45) is -0.0215. The van der Waals surface area contributed by atoms with Gasteiger partial charge in [0.05, 0.1) is 6.54 Å². The van der Waals surface area contributed by atoms with Crippen LogP contribution in [0.25, 0.3) is 0 Å². The van der Waals surface area contributed by atoms with Gasteiger partial charge in [-0.2, -0.15) is 0 Å². The van der Waals surface area contributed by atoms with Crippen LogP contribution in [0.3, 0.4) is 0 Å². The number of alkyl halides is 2. The normalized spacial score (nSPS) is 12.3. The summed E-state index contributed by atoms with van der Waals surface area (Å²) < 4.78 is 36.8. The Morgan fingerprint density at radius 3 is 2.39 bits per heavy atom. The molecule has 1 rings (SSSR count). The number of carbonyl (C=O) groups is 2. The lowest BCUT2D eigenvalue weighted by atomic mass is 10.1. The number of rotatable bonds is 15. The highest BCUT2D eigenvalue weighted by atomic mass is 19.3. The molecular weight excluding hydrogens is 410 g/mol. The highest BCUT2D eigenvalue weighted by Gasteiger charge is 2.21. The summed E-state index contributed by atoms with van der Waals surface area (Å²) in [5.41, 5.74) is 0.810. The van der Waals surface area contributed by atoms with Crippen molar-refractivity contribution in [2.75, 3.05) is 32.8 Å². The third-order valence-electron chi connectivity index (χ3n) is 4.53. The number of carboxylic acids is 1. The average Bonchev–Trinajstić information content (AvgIpc) is 2.70. The van der Waals surface area contributed by atoms with Crippen molar-refractivity contribution < 1.29 is 33.0 Å². The van der Waals surface area contributed by atoms with Crippen LogP contribution in [0.1, 0.15) is 45.6 Å². The van der Waals surface area contributed by atoms with Gasteiger partial charge in [0.15, 0.2) is 6.10 Å². The molecule has 2 amide bonds. The molecule has 0 saturated carbocycles. The van der Waals surface area contributed by atoms with Crippen molar-refractivity contribution in [3.63, 3.8) is 0 Å². The molecule has 31 heavy (non-hydrogen) atoms. The first-order valence-electron chi connectivity index (χ1n) is 10.6. The van der Waals surface area contributed by atoms with E-state index in [2.05, 4.69) is 5.32 Å². The molecule has 0 heterocycles. The summed E-state index contributed by atoms with van der Waals surface area (Å²) in [6, 6.07) is 6.77. The lowest BCUT2D eigenvalue weighted by Gasteiger charge is -2.23. The van der Waals surface area contributed by atoms with Crippen LogP contribution in [0.2, 0.25) is 0 Å². The molecule has 176 valence electrons. The van der Waals surface area contributed by atoms with E-state index >= 15 is 0 Å². The van der Waals surface area contributed by atoms with Gasteiger partial charge < -0.3 is 24.8 Å². The Bertz CT molecular complexity index is 665. The smallest absolute Gasteiger partial charge is 0.333 e. The molecule has 7 nitrogen and oxygen atoms in total. The summed E-state index contributed by atoms with van der Waals surface area (Å²) in [7, 11) is 0. The molecule has 0 aliphatic heterocycles. The Morgan fingerprint density at radius 1 is 1.16 bits per heavy atom. The molecule has 1 atom stereocenters. The number of amides is 2. The second-order valence-electron chi connectivity index (χ2n) is 7.33. The number of hydrogen-bond donors (Lipinski definition) is 2. The second-order valence-corrected chi connectivity index (χ2v) is 7.33. The van der Waals surface area contributed by atoms with Gasteiger partial charge in [-0.1, -0.05) is 12.1 Å². The van der Waals surface area contributed by atoms with Gasteiger partial charge in [-0.05, 0) is 51.3 Å². The fraction of sp³-hybridized carbons (Fsp3) is 0.636. The zero-order chi connectivity index (χ0) is 23.3. The van der Waals surface area contributed by atoms with Gasteiger partial charge in [-0.15, -0.1) is 0 Å². The molecule has 0 aliphatic rings. The zero-order valence-corrected chi connectivity index (χ0v) is 18.5. The lowest BCUT2D eigenvalue weighted by Crippen LogP contribution is -2.42. The molecule has 9 heteroatoms. The van der Waals surface area contributed by atoms with E-state index in [0.29, 0.717) is 44.8 Å². The van der Waals surface area contributed by atoms with Crippen LogP contribution in [0.5, 0.6) is 5.75 Å². The molecule has 0 bridgehead atoms. The number of ether oxygens (including phenoxy) is 2. The summed E-state index contributed by atoms with van der Waals surface area (Å²) >= 11 is 0. The van der Waals surface area contributed by atoms with Crippen LogP contribution in [0, 0.1) is 0 Å². The average molecular weight is 445 g/mol. The summed E-state index contributed by atoms with van der Waals surface area (Å²) in [6.45, 7) is 6.19. The maximum Gasteiger partial charge on any atom is 0.333 e. The van der Waals surface area contributed by atoms with Gasteiger partial charge in [0, 0.05) is 32.5 Å². The summed E-state index contributed by atoms with van der Waals surface area (Å²) in [5.74, 6) is -3.11. The molecule has 1 unspecified atom stereocenters. The topological polar surface area (TPSA) is 88.1 Å². The van der Waals surface area contributed by atoms with Gasteiger partial charge >= 0.3 is 12.0 Å². The first-order chi connectivity index (χ1) is 14.7.